The topological polar surface area (TPSA) is 80.5 Å². The molecule has 0 bridgehead atoms. The van der Waals surface area contributed by atoms with Gasteiger partial charge in [0.1, 0.15) is 0 Å². The second-order valence-corrected chi connectivity index (χ2v) is 6.71. The van der Waals surface area contributed by atoms with E-state index in [0.717, 1.165) is 37.6 Å². The second-order valence-electron chi connectivity index (χ2n) is 6.71. The molecule has 2 heterocycles. The number of nitrogens with zero attached hydrogens (tertiary/aromatic N) is 3. The fourth-order valence-corrected chi connectivity index (χ4v) is 3.05. The summed E-state index contributed by atoms with van der Waals surface area (Å²) in [5.74, 6) is 0.705. The van der Waals surface area contributed by atoms with Crippen molar-refractivity contribution in [2.75, 3.05) is 31.2 Å². The summed E-state index contributed by atoms with van der Waals surface area (Å²) >= 11 is 0. The van der Waals surface area contributed by atoms with Gasteiger partial charge in [0.2, 0.25) is 11.7 Å². The van der Waals surface area contributed by atoms with Crippen LogP contribution < -0.4 is 10.2 Å². The van der Waals surface area contributed by atoms with Crippen molar-refractivity contribution in [2.45, 2.75) is 13.5 Å². The molecule has 0 aliphatic carbocycles. The number of ether oxygens (including phenoxy) is 1. The highest BCUT2D eigenvalue weighted by atomic mass is 16.5. The molecular formula is C21H22N4O3. The zero-order valence-corrected chi connectivity index (χ0v) is 15.7. The minimum Gasteiger partial charge on any atom is -0.378 e. The van der Waals surface area contributed by atoms with Crippen molar-refractivity contribution in [3.8, 4) is 11.4 Å². The molecule has 7 nitrogen and oxygen atoms in total. The molecule has 0 atom stereocenters. The van der Waals surface area contributed by atoms with Crippen LogP contribution in [-0.2, 0) is 11.3 Å². The third-order valence-corrected chi connectivity index (χ3v) is 4.68. The molecule has 3 aromatic rings. The molecular weight excluding hydrogens is 356 g/mol. The maximum Gasteiger partial charge on any atom is 0.251 e. The summed E-state index contributed by atoms with van der Waals surface area (Å²) in [6.45, 7) is 5.41. The number of benzene rings is 2. The molecule has 1 aromatic heterocycles. The van der Waals surface area contributed by atoms with Crippen molar-refractivity contribution in [2.24, 2.45) is 0 Å². The fraction of sp³-hybridized carbons (Fsp3) is 0.286. The van der Waals surface area contributed by atoms with E-state index in [1.165, 1.54) is 5.56 Å². The molecule has 0 saturated carbocycles. The van der Waals surface area contributed by atoms with E-state index in [1.807, 2.05) is 55.5 Å². The molecule has 0 unspecified atom stereocenters. The first-order valence-electron chi connectivity index (χ1n) is 9.29. The van der Waals surface area contributed by atoms with Gasteiger partial charge in [0, 0.05) is 29.9 Å². The molecule has 0 radical (unpaired) electrons. The van der Waals surface area contributed by atoms with Crippen LogP contribution in [0.3, 0.4) is 0 Å². The smallest absolute Gasteiger partial charge is 0.251 e. The van der Waals surface area contributed by atoms with Gasteiger partial charge < -0.3 is 19.5 Å². The van der Waals surface area contributed by atoms with Crippen LogP contribution in [-0.4, -0.2) is 42.4 Å². The largest absolute Gasteiger partial charge is 0.378 e. The van der Waals surface area contributed by atoms with Crippen LogP contribution in [0.25, 0.3) is 11.4 Å². The molecule has 1 aliphatic rings. The van der Waals surface area contributed by atoms with Crippen molar-refractivity contribution < 1.29 is 14.1 Å². The number of aromatic nitrogens is 2. The highest BCUT2D eigenvalue weighted by Crippen LogP contribution is 2.18. The summed E-state index contributed by atoms with van der Waals surface area (Å²) in [4.78, 5) is 19.0. The van der Waals surface area contributed by atoms with Crippen molar-refractivity contribution in [3.05, 3.63) is 65.5 Å². The lowest BCUT2D eigenvalue weighted by molar-refractivity contribution is 0.0946. The van der Waals surface area contributed by atoms with Gasteiger partial charge >= 0.3 is 0 Å². The summed E-state index contributed by atoms with van der Waals surface area (Å²) in [7, 11) is 0. The number of carbonyl (C=O) groups excluding carboxylic acids is 1. The number of aryl methyl sites for hydroxylation is 1. The summed E-state index contributed by atoms with van der Waals surface area (Å²) in [6, 6.07) is 15.4. The van der Waals surface area contributed by atoms with Crippen molar-refractivity contribution in [1.82, 2.24) is 15.5 Å². The summed E-state index contributed by atoms with van der Waals surface area (Å²) < 4.78 is 10.6. The van der Waals surface area contributed by atoms with E-state index in [4.69, 9.17) is 9.26 Å². The van der Waals surface area contributed by atoms with Crippen LogP contribution in [0.15, 0.2) is 53.1 Å². The Hall–Kier alpha value is -3.19. The van der Waals surface area contributed by atoms with Crippen LogP contribution >= 0.6 is 0 Å². The molecule has 1 fully saturated rings. The third kappa shape index (κ3) is 4.20. The molecule has 2 aromatic carbocycles. The van der Waals surface area contributed by atoms with E-state index in [1.54, 1.807) is 0 Å². The standard InChI is InChI=1S/C21H22N4O3/c1-15-2-4-16(5-3-15)20-23-19(28-24-20)14-22-21(26)17-6-8-18(9-7-17)25-10-12-27-13-11-25/h2-9H,10-14H2,1H3,(H,22,26). The Morgan fingerprint density at radius 1 is 1.07 bits per heavy atom. The maximum atomic E-state index is 12.4. The number of carbonyl (C=O) groups is 1. The number of anilines is 1. The third-order valence-electron chi connectivity index (χ3n) is 4.68. The number of hydrogen-bond acceptors (Lipinski definition) is 6. The molecule has 1 amide bonds. The van der Waals surface area contributed by atoms with E-state index >= 15 is 0 Å². The number of hydrogen-bond donors (Lipinski definition) is 1. The predicted molar refractivity (Wildman–Crippen MR) is 105 cm³/mol. The molecule has 1 saturated heterocycles. The number of nitrogens with one attached hydrogen (secondary N) is 1. The lowest BCUT2D eigenvalue weighted by atomic mass is 10.1. The SMILES string of the molecule is Cc1ccc(-c2noc(CNC(=O)c3ccc(N4CCOCC4)cc3)n2)cc1. The Bertz CT molecular complexity index is 929. The Labute approximate surface area is 163 Å². The van der Waals surface area contributed by atoms with Gasteiger partial charge in [-0.1, -0.05) is 35.0 Å². The van der Waals surface area contributed by atoms with Gasteiger partial charge in [-0.2, -0.15) is 4.98 Å². The van der Waals surface area contributed by atoms with Gasteiger partial charge in [0.15, 0.2) is 0 Å². The molecule has 144 valence electrons. The van der Waals surface area contributed by atoms with Crippen molar-refractivity contribution in [1.29, 1.82) is 0 Å². The highest BCUT2D eigenvalue weighted by Gasteiger charge is 2.13. The molecule has 28 heavy (non-hydrogen) atoms. The van der Waals surface area contributed by atoms with Crippen molar-refractivity contribution in [3.63, 3.8) is 0 Å². The van der Waals surface area contributed by atoms with Gasteiger partial charge in [-0.05, 0) is 31.2 Å². The quantitative estimate of drug-likeness (QED) is 0.735. The van der Waals surface area contributed by atoms with Crippen molar-refractivity contribution >= 4 is 11.6 Å². The van der Waals surface area contributed by atoms with E-state index in [0.29, 0.717) is 17.3 Å². The summed E-state index contributed by atoms with van der Waals surface area (Å²) in [6.07, 6.45) is 0. The summed E-state index contributed by atoms with van der Waals surface area (Å²) in [5.41, 5.74) is 3.74. The minimum atomic E-state index is -0.177. The highest BCUT2D eigenvalue weighted by molar-refractivity contribution is 5.94. The molecule has 0 spiro atoms. The van der Waals surface area contributed by atoms with Gasteiger partial charge in [0.05, 0.1) is 19.8 Å². The van der Waals surface area contributed by atoms with E-state index in [-0.39, 0.29) is 12.5 Å². The first-order valence-corrected chi connectivity index (χ1v) is 9.29. The predicted octanol–water partition coefficient (Wildman–Crippen LogP) is 2.81. The van der Waals surface area contributed by atoms with Crippen LogP contribution in [0.4, 0.5) is 5.69 Å². The monoisotopic (exact) mass is 378 g/mol. The van der Waals surface area contributed by atoms with Crippen LogP contribution in [0, 0.1) is 6.92 Å². The molecule has 1 aliphatic heterocycles. The van der Waals surface area contributed by atoms with E-state index in [9.17, 15) is 4.79 Å². The normalized spacial score (nSPS) is 14.1. The maximum absolute atomic E-state index is 12.4. The average Bonchev–Trinajstić information content (AvgIpc) is 3.22. The van der Waals surface area contributed by atoms with Crippen LogP contribution in [0.1, 0.15) is 21.8 Å². The number of amides is 1. The molecule has 7 heteroatoms. The van der Waals surface area contributed by atoms with Gasteiger partial charge in [-0.15, -0.1) is 0 Å². The Morgan fingerprint density at radius 3 is 2.50 bits per heavy atom. The Kier molecular flexibility index (Phi) is 5.34. The zero-order chi connectivity index (χ0) is 19.3. The molecule has 1 N–H and O–H groups in total. The van der Waals surface area contributed by atoms with Crippen LogP contribution in [0.2, 0.25) is 0 Å². The first kappa shape index (κ1) is 18.2. The van der Waals surface area contributed by atoms with Gasteiger partial charge in [-0.3, -0.25) is 4.79 Å². The fourth-order valence-electron chi connectivity index (χ4n) is 3.05. The van der Waals surface area contributed by atoms with Crippen LogP contribution in [0.5, 0.6) is 0 Å². The van der Waals surface area contributed by atoms with Gasteiger partial charge in [-0.25, -0.2) is 0 Å². The number of morpholine rings is 1. The average molecular weight is 378 g/mol. The lowest BCUT2D eigenvalue weighted by Gasteiger charge is -2.28. The Morgan fingerprint density at radius 2 is 1.79 bits per heavy atom. The van der Waals surface area contributed by atoms with E-state index < -0.39 is 0 Å². The van der Waals surface area contributed by atoms with E-state index in [2.05, 4.69) is 20.4 Å². The minimum absolute atomic E-state index is 0.177. The first-order chi connectivity index (χ1) is 13.7. The lowest BCUT2D eigenvalue weighted by Crippen LogP contribution is -2.36. The second kappa shape index (κ2) is 8.22. The summed E-state index contributed by atoms with van der Waals surface area (Å²) in [5, 5.41) is 6.80. The van der Waals surface area contributed by atoms with Gasteiger partial charge in [0.25, 0.3) is 5.91 Å². The number of rotatable bonds is 5. The zero-order valence-electron chi connectivity index (χ0n) is 15.7. The molecule has 4 rings (SSSR count). The Balaban J connectivity index is 1.34.